The first-order valence-electron chi connectivity index (χ1n) is 7.62. The summed E-state index contributed by atoms with van der Waals surface area (Å²) in [6.45, 7) is -0.390. The predicted molar refractivity (Wildman–Crippen MR) is 91.8 cm³/mol. The summed E-state index contributed by atoms with van der Waals surface area (Å²) < 4.78 is 30.0. The van der Waals surface area contributed by atoms with Gasteiger partial charge in [0.1, 0.15) is 11.5 Å². The lowest BCUT2D eigenvalue weighted by Gasteiger charge is -2.20. The number of hydrogen-bond acceptors (Lipinski definition) is 7. The first kappa shape index (κ1) is 18.5. The average Bonchev–Trinajstić information content (AvgIpc) is 2.57. The number of aromatic hydroxyl groups is 2. The van der Waals surface area contributed by atoms with Crippen LogP contribution < -0.4 is 5.32 Å². The topological polar surface area (TPSA) is 158 Å². The standard InChI is InChI=1S/C17H13NO8S/c19-11-3-1-2-9-13(11)16(22)14-10(15(9)21)6-8(7-12(14)20)17(23)18-4-5-27(24,25)26/h1-3,6-7,19-20H,4-5H2,(H,18,23)(H,24,25,26). The molecule has 27 heavy (non-hydrogen) atoms. The van der Waals surface area contributed by atoms with Gasteiger partial charge in [0.2, 0.25) is 5.78 Å². The van der Waals surface area contributed by atoms with E-state index < -0.39 is 44.8 Å². The van der Waals surface area contributed by atoms with Crippen molar-refractivity contribution in [3.63, 3.8) is 0 Å². The number of rotatable bonds is 4. The summed E-state index contributed by atoms with van der Waals surface area (Å²) in [6.07, 6.45) is 0. The second kappa shape index (κ2) is 6.49. The molecule has 10 heteroatoms. The van der Waals surface area contributed by atoms with Crippen molar-refractivity contribution in [2.24, 2.45) is 0 Å². The lowest BCUT2D eigenvalue weighted by molar-refractivity contribution is 0.0951. The van der Waals surface area contributed by atoms with E-state index in [1.165, 1.54) is 18.2 Å². The average molecular weight is 391 g/mol. The number of hydrogen-bond donors (Lipinski definition) is 4. The van der Waals surface area contributed by atoms with Gasteiger partial charge in [-0.05, 0) is 18.2 Å². The number of benzene rings is 2. The lowest BCUT2D eigenvalue weighted by atomic mass is 9.82. The Morgan fingerprint density at radius 2 is 1.63 bits per heavy atom. The fourth-order valence-electron chi connectivity index (χ4n) is 2.81. The number of nitrogens with one attached hydrogen (secondary N) is 1. The molecule has 4 N–H and O–H groups in total. The van der Waals surface area contributed by atoms with E-state index in [0.717, 1.165) is 12.1 Å². The van der Waals surface area contributed by atoms with Crippen LogP contribution in [0.4, 0.5) is 0 Å². The van der Waals surface area contributed by atoms with Crippen molar-refractivity contribution in [2.75, 3.05) is 12.3 Å². The van der Waals surface area contributed by atoms with Crippen molar-refractivity contribution in [3.05, 3.63) is 58.1 Å². The van der Waals surface area contributed by atoms with Gasteiger partial charge in [-0.25, -0.2) is 0 Å². The number of carbonyl (C=O) groups is 3. The molecule has 0 unspecified atom stereocenters. The van der Waals surface area contributed by atoms with Crippen molar-refractivity contribution in [1.82, 2.24) is 5.32 Å². The fourth-order valence-corrected chi connectivity index (χ4v) is 3.17. The largest absolute Gasteiger partial charge is 0.507 e. The van der Waals surface area contributed by atoms with Crippen LogP contribution in [0.25, 0.3) is 0 Å². The minimum absolute atomic E-state index is 0.0594. The van der Waals surface area contributed by atoms with E-state index in [9.17, 15) is 33.0 Å². The van der Waals surface area contributed by atoms with Crippen LogP contribution in [0, 0.1) is 0 Å². The molecule has 0 spiro atoms. The van der Waals surface area contributed by atoms with E-state index >= 15 is 0 Å². The van der Waals surface area contributed by atoms with Gasteiger partial charge < -0.3 is 15.5 Å². The van der Waals surface area contributed by atoms with Crippen LogP contribution in [-0.2, 0) is 10.1 Å². The van der Waals surface area contributed by atoms with Gasteiger partial charge in [-0.2, -0.15) is 8.42 Å². The van der Waals surface area contributed by atoms with Gasteiger partial charge in [0.25, 0.3) is 16.0 Å². The summed E-state index contributed by atoms with van der Waals surface area (Å²) in [4.78, 5) is 37.4. The fraction of sp³-hybridized carbons (Fsp3) is 0.118. The number of fused-ring (bicyclic) bond motifs is 2. The van der Waals surface area contributed by atoms with Gasteiger partial charge in [-0.3, -0.25) is 18.9 Å². The van der Waals surface area contributed by atoms with Crippen LogP contribution in [0.2, 0.25) is 0 Å². The first-order valence-corrected chi connectivity index (χ1v) is 9.23. The minimum Gasteiger partial charge on any atom is -0.507 e. The van der Waals surface area contributed by atoms with E-state index in [2.05, 4.69) is 5.32 Å². The predicted octanol–water partition coefficient (Wildman–Crippen LogP) is 0.491. The normalized spacial score (nSPS) is 13.1. The molecule has 1 aliphatic carbocycles. The lowest BCUT2D eigenvalue weighted by Crippen LogP contribution is -2.29. The molecular formula is C17H13NO8S. The summed E-state index contributed by atoms with van der Waals surface area (Å²) in [5.74, 6) is -3.95. The molecule has 0 radical (unpaired) electrons. The van der Waals surface area contributed by atoms with Crippen LogP contribution in [0.1, 0.15) is 42.2 Å². The van der Waals surface area contributed by atoms with E-state index in [1.54, 1.807) is 0 Å². The SMILES string of the molecule is O=C(NCCS(=O)(=O)O)c1cc(O)c2c(c1)C(=O)c1cccc(O)c1C2=O. The molecule has 1 aliphatic rings. The Morgan fingerprint density at radius 3 is 2.30 bits per heavy atom. The van der Waals surface area contributed by atoms with Gasteiger partial charge in [-0.15, -0.1) is 0 Å². The smallest absolute Gasteiger partial charge is 0.266 e. The first-order chi connectivity index (χ1) is 12.6. The molecule has 3 rings (SSSR count). The van der Waals surface area contributed by atoms with Gasteiger partial charge in [-0.1, -0.05) is 12.1 Å². The Labute approximate surface area is 153 Å². The molecule has 0 saturated carbocycles. The highest BCUT2D eigenvalue weighted by atomic mass is 32.2. The van der Waals surface area contributed by atoms with Crippen LogP contribution in [0.3, 0.4) is 0 Å². The molecule has 0 fully saturated rings. The van der Waals surface area contributed by atoms with Crippen LogP contribution >= 0.6 is 0 Å². The Hall–Kier alpha value is -3.24. The maximum Gasteiger partial charge on any atom is 0.266 e. The minimum atomic E-state index is -4.26. The molecule has 1 amide bonds. The molecule has 0 aromatic heterocycles. The Morgan fingerprint density at radius 1 is 0.963 bits per heavy atom. The maximum absolute atomic E-state index is 12.7. The monoisotopic (exact) mass is 391 g/mol. The van der Waals surface area contributed by atoms with Crippen LogP contribution in [-0.4, -0.2) is 53.0 Å². The Kier molecular flexibility index (Phi) is 4.46. The summed E-state index contributed by atoms with van der Waals surface area (Å²) in [5, 5.41) is 22.3. The molecule has 0 aliphatic heterocycles. The zero-order chi connectivity index (χ0) is 19.9. The van der Waals surface area contributed by atoms with E-state index in [4.69, 9.17) is 4.55 Å². The molecule has 2 aromatic carbocycles. The van der Waals surface area contributed by atoms with Gasteiger partial charge >= 0.3 is 0 Å². The van der Waals surface area contributed by atoms with Crippen molar-refractivity contribution < 1.29 is 37.6 Å². The molecule has 0 bridgehead atoms. The van der Waals surface area contributed by atoms with E-state index in [0.29, 0.717) is 0 Å². The number of phenols is 2. The quantitative estimate of drug-likeness (QED) is 0.468. The Balaban J connectivity index is 1.99. The number of amides is 1. The molecule has 0 heterocycles. The summed E-state index contributed by atoms with van der Waals surface area (Å²) in [6, 6.07) is 6.02. The number of carbonyl (C=O) groups excluding carboxylic acids is 3. The second-order valence-corrected chi connectivity index (χ2v) is 7.39. The maximum atomic E-state index is 12.7. The number of phenolic OH excluding ortho intramolecular Hbond substituents is 2. The number of ketones is 2. The molecule has 140 valence electrons. The van der Waals surface area contributed by atoms with Gasteiger partial charge in [0.15, 0.2) is 5.78 Å². The zero-order valence-corrected chi connectivity index (χ0v) is 14.4. The van der Waals surface area contributed by atoms with Crippen molar-refractivity contribution in [3.8, 4) is 11.5 Å². The summed E-state index contributed by atoms with van der Waals surface area (Å²) in [7, 11) is -4.26. The molecule has 2 aromatic rings. The molecule has 9 nitrogen and oxygen atoms in total. The summed E-state index contributed by atoms with van der Waals surface area (Å²) in [5.41, 5.74) is -1.00. The molecule has 0 atom stereocenters. The second-order valence-electron chi connectivity index (χ2n) is 5.82. The van der Waals surface area contributed by atoms with E-state index in [1.807, 2.05) is 0 Å². The van der Waals surface area contributed by atoms with Gasteiger partial charge in [0, 0.05) is 23.2 Å². The van der Waals surface area contributed by atoms with Crippen molar-refractivity contribution >= 4 is 27.6 Å². The third-order valence-electron chi connectivity index (χ3n) is 4.01. The molecular weight excluding hydrogens is 378 g/mol. The Bertz CT molecular complexity index is 1100. The van der Waals surface area contributed by atoms with Crippen LogP contribution in [0.5, 0.6) is 11.5 Å². The molecule has 0 saturated heterocycles. The van der Waals surface area contributed by atoms with E-state index in [-0.39, 0.29) is 34.4 Å². The highest BCUT2D eigenvalue weighted by molar-refractivity contribution is 7.85. The highest BCUT2D eigenvalue weighted by Gasteiger charge is 2.34. The van der Waals surface area contributed by atoms with Crippen molar-refractivity contribution in [2.45, 2.75) is 0 Å². The summed E-state index contributed by atoms with van der Waals surface area (Å²) >= 11 is 0. The van der Waals surface area contributed by atoms with Crippen molar-refractivity contribution in [1.29, 1.82) is 0 Å². The zero-order valence-electron chi connectivity index (χ0n) is 13.6. The third-order valence-corrected chi connectivity index (χ3v) is 4.73. The highest BCUT2D eigenvalue weighted by Crippen LogP contribution is 2.37. The van der Waals surface area contributed by atoms with Crippen LogP contribution in [0.15, 0.2) is 30.3 Å². The third kappa shape index (κ3) is 3.39. The van der Waals surface area contributed by atoms with Gasteiger partial charge in [0.05, 0.1) is 16.9 Å².